The largest absolute Gasteiger partial charge is 0.508 e. The highest BCUT2D eigenvalue weighted by Crippen LogP contribution is 2.21. The number of quaternary nitrogens is 1. The predicted molar refractivity (Wildman–Crippen MR) is 92.1 cm³/mol. The number of hydrogen-bond acceptors (Lipinski definition) is 4. The van der Waals surface area contributed by atoms with Crippen LogP contribution in [0.15, 0.2) is 33.5 Å². The molecule has 130 valence electrons. The van der Waals surface area contributed by atoms with Crippen LogP contribution in [-0.2, 0) is 11.3 Å². The Balaban J connectivity index is 2.23. The summed E-state index contributed by atoms with van der Waals surface area (Å²) in [6.45, 7) is 9.43. The lowest BCUT2D eigenvalue weighted by Gasteiger charge is -2.23. The summed E-state index contributed by atoms with van der Waals surface area (Å²) in [7, 11) is 0. The number of fused-ring (bicyclic) bond motifs is 1. The SMILES string of the molecule is CC[NH+](CC(=O)NC(C)(C)C)Cc1cc(=O)oc2cc(O)ccc12. The van der Waals surface area contributed by atoms with E-state index in [0.717, 1.165) is 22.4 Å². The van der Waals surface area contributed by atoms with Crippen molar-refractivity contribution in [2.75, 3.05) is 13.1 Å². The van der Waals surface area contributed by atoms with E-state index in [-0.39, 0.29) is 17.2 Å². The molecular weight excluding hydrogens is 308 g/mol. The van der Waals surface area contributed by atoms with E-state index in [1.165, 1.54) is 12.1 Å². The van der Waals surface area contributed by atoms with Crippen LogP contribution in [0.3, 0.4) is 0 Å². The molecule has 0 saturated carbocycles. The van der Waals surface area contributed by atoms with Crippen molar-refractivity contribution in [1.82, 2.24) is 5.32 Å². The topological polar surface area (TPSA) is 84.0 Å². The van der Waals surface area contributed by atoms with E-state index in [0.29, 0.717) is 18.7 Å². The summed E-state index contributed by atoms with van der Waals surface area (Å²) in [4.78, 5) is 24.9. The van der Waals surface area contributed by atoms with Crippen LogP contribution in [0.2, 0.25) is 0 Å². The number of hydrogen-bond donors (Lipinski definition) is 3. The Morgan fingerprint density at radius 1 is 1.29 bits per heavy atom. The van der Waals surface area contributed by atoms with Crippen LogP contribution in [0.25, 0.3) is 11.0 Å². The van der Waals surface area contributed by atoms with Crippen molar-refractivity contribution in [1.29, 1.82) is 0 Å². The first-order valence-corrected chi connectivity index (χ1v) is 8.08. The minimum Gasteiger partial charge on any atom is -0.508 e. The monoisotopic (exact) mass is 333 g/mol. The lowest BCUT2D eigenvalue weighted by Crippen LogP contribution is -3.11. The Bertz CT molecular complexity index is 790. The van der Waals surface area contributed by atoms with Crippen LogP contribution in [0.5, 0.6) is 5.75 Å². The third-order valence-corrected chi connectivity index (χ3v) is 3.68. The van der Waals surface area contributed by atoms with Crippen molar-refractivity contribution in [2.24, 2.45) is 0 Å². The van der Waals surface area contributed by atoms with Crippen molar-refractivity contribution in [3.05, 3.63) is 40.2 Å². The van der Waals surface area contributed by atoms with Gasteiger partial charge in [0.2, 0.25) is 0 Å². The molecule has 1 unspecified atom stereocenters. The fourth-order valence-electron chi connectivity index (χ4n) is 2.64. The highest BCUT2D eigenvalue weighted by Gasteiger charge is 2.19. The Labute approximate surface area is 141 Å². The van der Waals surface area contributed by atoms with Crippen molar-refractivity contribution >= 4 is 16.9 Å². The lowest BCUT2D eigenvalue weighted by molar-refractivity contribution is -0.904. The highest BCUT2D eigenvalue weighted by atomic mass is 16.4. The average molecular weight is 333 g/mol. The van der Waals surface area contributed by atoms with Crippen LogP contribution in [0.1, 0.15) is 33.3 Å². The summed E-state index contributed by atoms with van der Waals surface area (Å²) in [5.74, 6) is 0.0244. The normalized spacial score (nSPS) is 13.0. The lowest BCUT2D eigenvalue weighted by atomic mass is 10.1. The number of carbonyl (C=O) groups excluding carboxylic acids is 1. The number of aromatic hydroxyl groups is 1. The molecule has 0 bridgehead atoms. The number of benzene rings is 1. The molecule has 0 radical (unpaired) electrons. The van der Waals surface area contributed by atoms with Crippen molar-refractivity contribution in [2.45, 2.75) is 39.8 Å². The zero-order chi connectivity index (χ0) is 17.9. The fraction of sp³-hybridized carbons (Fsp3) is 0.444. The molecule has 1 heterocycles. The molecule has 0 spiro atoms. The van der Waals surface area contributed by atoms with E-state index in [1.807, 2.05) is 27.7 Å². The number of phenolic OH excluding ortho intramolecular Hbond substituents is 1. The van der Waals surface area contributed by atoms with Gasteiger partial charge in [0.1, 0.15) is 17.9 Å². The molecule has 1 amide bonds. The molecule has 2 rings (SSSR count). The van der Waals surface area contributed by atoms with Crippen molar-refractivity contribution in [3.8, 4) is 5.75 Å². The second kappa shape index (κ2) is 7.05. The Morgan fingerprint density at radius 3 is 2.62 bits per heavy atom. The quantitative estimate of drug-likeness (QED) is 0.707. The molecule has 3 N–H and O–H groups in total. The van der Waals surface area contributed by atoms with E-state index in [4.69, 9.17) is 4.42 Å². The molecule has 6 heteroatoms. The smallest absolute Gasteiger partial charge is 0.336 e. The maximum atomic E-state index is 12.1. The van der Waals surface area contributed by atoms with Gasteiger partial charge < -0.3 is 19.7 Å². The summed E-state index contributed by atoms with van der Waals surface area (Å²) < 4.78 is 5.14. The number of likely N-dealkylation sites (N-methyl/N-ethyl adjacent to an activating group) is 1. The number of rotatable bonds is 5. The number of phenols is 1. The van der Waals surface area contributed by atoms with Crippen LogP contribution in [0, 0.1) is 0 Å². The van der Waals surface area contributed by atoms with Gasteiger partial charge in [-0.25, -0.2) is 4.79 Å². The van der Waals surface area contributed by atoms with Gasteiger partial charge in [-0.3, -0.25) is 4.79 Å². The fourth-order valence-corrected chi connectivity index (χ4v) is 2.64. The summed E-state index contributed by atoms with van der Waals surface area (Å²) in [6, 6.07) is 6.17. The molecule has 2 aromatic rings. The molecule has 0 saturated heterocycles. The number of nitrogens with one attached hydrogen (secondary N) is 2. The summed E-state index contributed by atoms with van der Waals surface area (Å²) in [5, 5.41) is 13.3. The summed E-state index contributed by atoms with van der Waals surface area (Å²) >= 11 is 0. The van der Waals surface area contributed by atoms with Gasteiger partial charge in [-0.15, -0.1) is 0 Å². The molecule has 0 aliphatic carbocycles. The van der Waals surface area contributed by atoms with Gasteiger partial charge in [0.15, 0.2) is 6.54 Å². The number of amides is 1. The summed E-state index contributed by atoms with van der Waals surface area (Å²) in [6.07, 6.45) is 0. The van der Waals surface area contributed by atoms with E-state index < -0.39 is 5.63 Å². The second-order valence-corrected chi connectivity index (χ2v) is 7.03. The minimum atomic E-state index is -0.460. The van der Waals surface area contributed by atoms with Gasteiger partial charge in [-0.05, 0) is 39.8 Å². The molecule has 0 aliphatic rings. The summed E-state index contributed by atoms with van der Waals surface area (Å²) in [5.41, 5.74) is 0.431. The first kappa shape index (κ1) is 18.0. The van der Waals surface area contributed by atoms with Crippen LogP contribution >= 0.6 is 0 Å². The van der Waals surface area contributed by atoms with Gasteiger partial charge in [0, 0.05) is 28.6 Å². The minimum absolute atomic E-state index is 0.0238. The van der Waals surface area contributed by atoms with Crippen LogP contribution in [-0.4, -0.2) is 29.6 Å². The van der Waals surface area contributed by atoms with Gasteiger partial charge in [0.05, 0.1) is 6.54 Å². The molecular formula is C18H25N2O4+. The molecule has 1 aromatic heterocycles. The van der Waals surface area contributed by atoms with E-state index in [9.17, 15) is 14.7 Å². The third kappa shape index (κ3) is 4.83. The van der Waals surface area contributed by atoms with Gasteiger partial charge in [0.25, 0.3) is 5.91 Å². The molecule has 0 aliphatic heterocycles. The zero-order valence-electron chi connectivity index (χ0n) is 14.6. The van der Waals surface area contributed by atoms with Crippen LogP contribution in [0.4, 0.5) is 0 Å². The molecule has 1 atom stereocenters. The maximum Gasteiger partial charge on any atom is 0.336 e. The van der Waals surface area contributed by atoms with Crippen molar-refractivity contribution in [3.63, 3.8) is 0 Å². The Hall–Kier alpha value is -2.34. The van der Waals surface area contributed by atoms with Gasteiger partial charge in [-0.2, -0.15) is 0 Å². The molecule has 24 heavy (non-hydrogen) atoms. The predicted octanol–water partition coefficient (Wildman–Crippen LogP) is 0.818. The molecule has 6 nitrogen and oxygen atoms in total. The van der Waals surface area contributed by atoms with Gasteiger partial charge >= 0.3 is 5.63 Å². The average Bonchev–Trinajstić information content (AvgIpc) is 2.43. The number of carbonyl (C=O) groups is 1. The molecule has 0 fully saturated rings. The first-order chi connectivity index (χ1) is 11.2. The standard InChI is InChI=1S/C18H24N2O4/c1-5-20(11-16(22)19-18(2,3)4)10-12-8-17(23)24-15-9-13(21)6-7-14(12)15/h6-9,21H,5,10-11H2,1-4H3,(H,19,22)/p+1. The zero-order valence-corrected chi connectivity index (χ0v) is 14.6. The second-order valence-electron chi connectivity index (χ2n) is 7.03. The van der Waals surface area contributed by atoms with Gasteiger partial charge in [-0.1, -0.05) is 0 Å². The highest BCUT2D eigenvalue weighted by molar-refractivity contribution is 5.81. The van der Waals surface area contributed by atoms with E-state index in [2.05, 4.69) is 5.32 Å². The van der Waals surface area contributed by atoms with E-state index >= 15 is 0 Å². The third-order valence-electron chi connectivity index (χ3n) is 3.68. The maximum absolute atomic E-state index is 12.1. The van der Waals surface area contributed by atoms with Crippen molar-refractivity contribution < 1.29 is 19.2 Å². The Morgan fingerprint density at radius 2 is 2.00 bits per heavy atom. The van der Waals surface area contributed by atoms with E-state index in [1.54, 1.807) is 12.1 Å². The first-order valence-electron chi connectivity index (χ1n) is 8.08. The molecule has 1 aromatic carbocycles. The Kier molecular flexibility index (Phi) is 5.29. The van der Waals surface area contributed by atoms with Crippen LogP contribution < -0.4 is 15.8 Å².